The molecule has 5 rings (SSSR count). The summed E-state index contributed by atoms with van der Waals surface area (Å²) in [6.07, 6.45) is 4.41. The number of hydrogen-bond donors (Lipinski definition) is 2. The van der Waals surface area contributed by atoms with Gasteiger partial charge in [0.15, 0.2) is 12.4 Å². The van der Waals surface area contributed by atoms with Gasteiger partial charge in [-0.05, 0) is 60.6 Å². The SMILES string of the molecule is CC1C2=C(C=CC1CCN(CC(O)[C@H](Cc1ccccc1)NC(=O)COc1cc(Cl)c(Cl)cc1Cl)C(=O)CCc1ccc(Cl)c(Cl)c1)OCO2. The second-order valence-corrected chi connectivity index (χ2v) is 14.3. The Kier molecular flexibility index (Phi) is 13.6. The normalized spacial score (nSPS) is 17.7. The predicted molar refractivity (Wildman–Crippen MR) is 197 cm³/mol. The van der Waals surface area contributed by atoms with Gasteiger partial charge in [-0.2, -0.15) is 0 Å². The van der Waals surface area contributed by atoms with Gasteiger partial charge in [0.25, 0.3) is 5.91 Å². The monoisotopic (exact) mass is 780 g/mol. The summed E-state index contributed by atoms with van der Waals surface area (Å²) in [6.45, 7) is 2.22. The molecule has 0 saturated heterocycles. The number of ether oxygens (including phenoxy) is 3. The highest BCUT2D eigenvalue weighted by Gasteiger charge is 2.32. The lowest BCUT2D eigenvalue weighted by molar-refractivity contribution is -0.133. The molecule has 8 nitrogen and oxygen atoms in total. The fourth-order valence-corrected chi connectivity index (χ4v) is 6.85. The van der Waals surface area contributed by atoms with Crippen molar-refractivity contribution in [2.24, 2.45) is 11.8 Å². The summed E-state index contributed by atoms with van der Waals surface area (Å²) >= 11 is 30.7. The number of carbonyl (C=O) groups is 2. The molecule has 0 radical (unpaired) electrons. The first-order chi connectivity index (χ1) is 24.0. The summed E-state index contributed by atoms with van der Waals surface area (Å²) in [6, 6.07) is 16.9. The smallest absolute Gasteiger partial charge is 0.258 e. The van der Waals surface area contributed by atoms with E-state index in [0.717, 1.165) is 22.6 Å². The van der Waals surface area contributed by atoms with Gasteiger partial charge in [-0.1, -0.05) is 107 Å². The average molecular weight is 783 g/mol. The maximum atomic E-state index is 13.8. The van der Waals surface area contributed by atoms with E-state index in [0.29, 0.717) is 35.9 Å². The highest BCUT2D eigenvalue weighted by molar-refractivity contribution is 6.43. The summed E-state index contributed by atoms with van der Waals surface area (Å²) < 4.78 is 16.9. The molecule has 266 valence electrons. The summed E-state index contributed by atoms with van der Waals surface area (Å²) in [4.78, 5) is 28.7. The molecule has 2 amide bonds. The molecule has 3 unspecified atom stereocenters. The Morgan fingerprint density at radius 2 is 1.68 bits per heavy atom. The van der Waals surface area contributed by atoms with Gasteiger partial charge in [0, 0.05) is 31.5 Å². The van der Waals surface area contributed by atoms with Crippen LogP contribution in [0.25, 0.3) is 0 Å². The van der Waals surface area contributed by atoms with Crippen LogP contribution < -0.4 is 10.1 Å². The van der Waals surface area contributed by atoms with E-state index in [-0.39, 0.29) is 58.3 Å². The quantitative estimate of drug-likeness (QED) is 0.151. The van der Waals surface area contributed by atoms with Crippen LogP contribution >= 0.6 is 58.0 Å². The third kappa shape index (κ3) is 10.2. The Labute approximate surface area is 316 Å². The number of nitrogens with zero attached hydrogens (tertiary/aromatic N) is 1. The number of benzene rings is 3. The lowest BCUT2D eigenvalue weighted by Gasteiger charge is -2.32. The summed E-state index contributed by atoms with van der Waals surface area (Å²) in [5.41, 5.74) is 1.76. The first kappa shape index (κ1) is 38.1. The first-order valence-corrected chi connectivity index (χ1v) is 18.1. The highest BCUT2D eigenvalue weighted by atomic mass is 35.5. The molecule has 1 aliphatic heterocycles. The minimum Gasteiger partial charge on any atom is -0.482 e. The number of amides is 2. The number of hydrogen-bond acceptors (Lipinski definition) is 6. The number of aliphatic hydroxyl groups is 1. The molecule has 50 heavy (non-hydrogen) atoms. The van der Waals surface area contributed by atoms with Crippen molar-refractivity contribution < 1.29 is 28.9 Å². The maximum absolute atomic E-state index is 13.8. The first-order valence-electron chi connectivity index (χ1n) is 16.2. The van der Waals surface area contributed by atoms with E-state index >= 15 is 0 Å². The van der Waals surface area contributed by atoms with Crippen LogP contribution in [0.3, 0.4) is 0 Å². The van der Waals surface area contributed by atoms with Gasteiger partial charge in [-0.15, -0.1) is 0 Å². The number of nitrogens with one attached hydrogen (secondary N) is 1. The topological polar surface area (TPSA) is 97.3 Å². The van der Waals surface area contributed by atoms with Crippen LogP contribution in [0.2, 0.25) is 25.1 Å². The molecule has 3 aromatic rings. The molecule has 0 bridgehead atoms. The molecule has 2 aliphatic rings. The Balaban J connectivity index is 1.30. The van der Waals surface area contributed by atoms with Crippen molar-refractivity contribution in [2.75, 3.05) is 26.5 Å². The Bertz CT molecular complexity index is 1740. The van der Waals surface area contributed by atoms with Crippen molar-refractivity contribution in [3.05, 3.63) is 121 Å². The standard InChI is InChI=1S/C37H37Cl5N2O6/c1-22-25(9-11-33-37(22)50-21-49-33)13-14-44(36(47)12-8-24-7-10-26(38)27(39)15-24)19-32(45)31(16-23-5-3-2-4-6-23)43-35(46)20-48-34-18-29(41)28(40)17-30(34)42/h2-7,9-11,15,17-18,22,25,31-32,45H,8,12-14,16,19-21H2,1H3,(H,43,46)/t22?,25?,31-,32?/m0/s1. The molecule has 3 aromatic carbocycles. The molecule has 0 spiro atoms. The molecule has 1 aliphatic carbocycles. The lowest BCUT2D eigenvalue weighted by atomic mass is 9.85. The van der Waals surface area contributed by atoms with Gasteiger partial charge in [0.1, 0.15) is 11.5 Å². The Morgan fingerprint density at radius 3 is 2.44 bits per heavy atom. The minimum absolute atomic E-state index is 0.0180. The summed E-state index contributed by atoms with van der Waals surface area (Å²) in [7, 11) is 0. The molecule has 4 atom stereocenters. The van der Waals surface area contributed by atoms with Gasteiger partial charge in [0.05, 0.1) is 37.3 Å². The van der Waals surface area contributed by atoms with Crippen LogP contribution in [0, 0.1) is 11.8 Å². The number of halogens is 5. The number of allylic oxidation sites excluding steroid dienone is 3. The van der Waals surface area contributed by atoms with Gasteiger partial charge in [0.2, 0.25) is 12.7 Å². The van der Waals surface area contributed by atoms with Crippen LogP contribution in [-0.4, -0.2) is 60.5 Å². The predicted octanol–water partition coefficient (Wildman–Crippen LogP) is 8.31. The molecular formula is C37H37Cl5N2O6. The second kappa shape index (κ2) is 17.9. The van der Waals surface area contributed by atoms with Crippen molar-refractivity contribution >= 4 is 69.8 Å². The van der Waals surface area contributed by atoms with E-state index in [1.165, 1.54) is 12.1 Å². The molecule has 1 heterocycles. The number of carbonyl (C=O) groups excluding carboxylic acids is 2. The van der Waals surface area contributed by atoms with E-state index in [1.54, 1.807) is 17.0 Å². The second-order valence-electron chi connectivity index (χ2n) is 12.2. The molecule has 2 N–H and O–H groups in total. The molecule has 0 saturated carbocycles. The zero-order valence-electron chi connectivity index (χ0n) is 27.2. The largest absolute Gasteiger partial charge is 0.482 e. The fourth-order valence-electron chi connectivity index (χ4n) is 5.94. The van der Waals surface area contributed by atoms with Gasteiger partial charge in [-0.25, -0.2) is 0 Å². The highest BCUT2D eigenvalue weighted by Crippen LogP contribution is 2.36. The van der Waals surface area contributed by atoms with Crippen molar-refractivity contribution in [1.29, 1.82) is 0 Å². The maximum Gasteiger partial charge on any atom is 0.258 e. The molecule has 0 aromatic heterocycles. The average Bonchev–Trinajstić information content (AvgIpc) is 3.59. The van der Waals surface area contributed by atoms with Crippen molar-refractivity contribution in [1.82, 2.24) is 10.2 Å². The van der Waals surface area contributed by atoms with Crippen molar-refractivity contribution in [3.63, 3.8) is 0 Å². The van der Waals surface area contributed by atoms with Crippen LogP contribution in [0.1, 0.15) is 30.9 Å². The number of rotatable bonds is 15. The van der Waals surface area contributed by atoms with Crippen LogP contribution in [0.5, 0.6) is 5.75 Å². The summed E-state index contributed by atoms with van der Waals surface area (Å²) in [5.74, 6) is 1.25. The Morgan fingerprint density at radius 1 is 0.940 bits per heavy atom. The van der Waals surface area contributed by atoms with E-state index < -0.39 is 24.7 Å². The van der Waals surface area contributed by atoms with Crippen LogP contribution in [0.15, 0.2) is 84.3 Å². The molecule has 0 fully saturated rings. The number of aliphatic hydroxyl groups excluding tert-OH is 1. The van der Waals surface area contributed by atoms with Gasteiger partial charge in [-0.3, -0.25) is 9.59 Å². The summed E-state index contributed by atoms with van der Waals surface area (Å²) in [5, 5.41) is 16.1. The minimum atomic E-state index is -1.12. The Hall–Kier alpha value is -3.11. The van der Waals surface area contributed by atoms with Crippen molar-refractivity contribution in [3.8, 4) is 5.75 Å². The zero-order chi connectivity index (χ0) is 35.8. The van der Waals surface area contributed by atoms with E-state index in [4.69, 9.17) is 72.2 Å². The van der Waals surface area contributed by atoms with Crippen molar-refractivity contribution in [2.45, 2.75) is 44.8 Å². The lowest BCUT2D eigenvalue weighted by Crippen LogP contribution is -2.51. The van der Waals surface area contributed by atoms with Gasteiger partial charge < -0.3 is 29.5 Å². The van der Waals surface area contributed by atoms with E-state index in [2.05, 4.69) is 18.3 Å². The van der Waals surface area contributed by atoms with Gasteiger partial charge >= 0.3 is 0 Å². The third-order valence-electron chi connectivity index (χ3n) is 8.77. The molecular weight excluding hydrogens is 746 g/mol. The fraction of sp³-hybridized carbons (Fsp3) is 0.351. The van der Waals surface area contributed by atoms with E-state index in [9.17, 15) is 14.7 Å². The van der Waals surface area contributed by atoms with Crippen LogP contribution in [-0.2, 0) is 31.9 Å². The van der Waals surface area contributed by atoms with Crippen LogP contribution in [0.4, 0.5) is 0 Å². The third-order valence-corrected chi connectivity index (χ3v) is 10.5. The number of aryl methyl sites for hydroxylation is 1. The zero-order valence-corrected chi connectivity index (χ0v) is 31.0. The van der Waals surface area contributed by atoms with E-state index in [1.807, 2.05) is 42.5 Å². The molecule has 13 heteroatoms.